The van der Waals surface area contributed by atoms with Crippen molar-refractivity contribution in [2.45, 2.75) is 78.7 Å². The molecule has 0 bridgehead atoms. The van der Waals surface area contributed by atoms with E-state index in [0.29, 0.717) is 0 Å². The molecule has 2 heteroatoms. The molecule has 1 unspecified atom stereocenters. The van der Waals surface area contributed by atoms with Crippen LogP contribution in [0, 0.1) is 5.92 Å². The van der Waals surface area contributed by atoms with Gasteiger partial charge in [0.15, 0.2) is 0 Å². The van der Waals surface area contributed by atoms with E-state index in [1.807, 2.05) is 0 Å². The van der Waals surface area contributed by atoms with Gasteiger partial charge in [-0.15, -0.1) is 0 Å². The monoisotopic (exact) mass is 320 g/mol. The first-order valence-electron chi connectivity index (χ1n) is 9.36. The molecule has 1 atom stereocenters. The highest BCUT2D eigenvalue weighted by Gasteiger charge is 2.18. The second kappa shape index (κ2) is 10.7. The van der Waals surface area contributed by atoms with Crippen LogP contribution in [0.4, 0.5) is 0 Å². The molecule has 0 saturated carbocycles. The van der Waals surface area contributed by atoms with E-state index in [1.54, 1.807) is 0 Å². The van der Waals surface area contributed by atoms with Crippen molar-refractivity contribution in [3.63, 3.8) is 0 Å². The Morgan fingerprint density at radius 2 is 1.70 bits per heavy atom. The van der Waals surface area contributed by atoms with Gasteiger partial charge in [0.1, 0.15) is 5.75 Å². The molecule has 0 N–H and O–H groups in total. The fraction of sp³-hybridized carbons (Fsp3) is 0.714. The van der Waals surface area contributed by atoms with Crippen LogP contribution in [0.5, 0.6) is 5.75 Å². The lowest BCUT2D eigenvalue weighted by Gasteiger charge is -2.25. The minimum atomic E-state index is 0.0184. The van der Waals surface area contributed by atoms with Gasteiger partial charge in [0, 0.05) is 6.61 Å². The summed E-state index contributed by atoms with van der Waals surface area (Å²) in [6.07, 6.45) is 7.09. The van der Waals surface area contributed by atoms with E-state index in [-0.39, 0.29) is 5.60 Å². The Balaban J connectivity index is 2.25. The van der Waals surface area contributed by atoms with E-state index in [4.69, 9.17) is 9.47 Å². The Kier molecular flexibility index (Phi) is 9.31. The van der Waals surface area contributed by atoms with Gasteiger partial charge in [0.25, 0.3) is 0 Å². The van der Waals surface area contributed by atoms with Crippen LogP contribution in [0.15, 0.2) is 24.3 Å². The van der Waals surface area contributed by atoms with Crippen molar-refractivity contribution < 1.29 is 9.47 Å². The Hall–Kier alpha value is -1.02. The molecule has 0 aliphatic rings. The number of benzene rings is 1. The van der Waals surface area contributed by atoms with Crippen LogP contribution in [0.3, 0.4) is 0 Å². The van der Waals surface area contributed by atoms with Crippen molar-refractivity contribution in [2.75, 3.05) is 13.2 Å². The smallest absolute Gasteiger partial charge is 0.119 e. The van der Waals surface area contributed by atoms with Crippen molar-refractivity contribution in [3.05, 3.63) is 29.8 Å². The van der Waals surface area contributed by atoms with E-state index < -0.39 is 0 Å². The first-order valence-corrected chi connectivity index (χ1v) is 9.36. The quantitative estimate of drug-likeness (QED) is 0.468. The van der Waals surface area contributed by atoms with Crippen molar-refractivity contribution in [1.29, 1.82) is 0 Å². The van der Waals surface area contributed by atoms with Crippen LogP contribution < -0.4 is 4.74 Å². The summed E-state index contributed by atoms with van der Waals surface area (Å²) < 4.78 is 11.7. The van der Waals surface area contributed by atoms with Crippen molar-refractivity contribution in [2.24, 2.45) is 5.92 Å². The first kappa shape index (κ1) is 20.0. The van der Waals surface area contributed by atoms with Crippen LogP contribution in [-0.4, -0.2) is 18.8 Å². The molecule has 0 heterocycles. The van der Waals surface area contributed by atoms with E-state index in [1.165, 1.54) is 24.8 Å². The highest BCUT2D eigenvalue weighted by molar-refractivity contribution is 5.27. The van der Waals surface area contributed by atoms with Gasteiger partial charge in [0.05, 0.1) is 12.2 Å². The number of ether oxygens (including phenoxy) is 2. The molecule has 1 aromatic rings. The maximum absolute atomic E-state index is 5.90. The molecular weight excluding hydrogens is 284 g/mol. The summed E-state index contributed by atoms with van der Waals surface area (Å²) in [4.78, 5) is 0. The number of aryl methyl sites for hydroxylation is 1. The van der Waals surface area contributed by atoms with Gasteiger partial charge >= 0.3 is 0 Å². The molecule has 23 heavy (non-hydrogen) atoms. The molecule has 1 rings (SSSR count). The fourth-order valence-electron chi connectivity index (χ4n) is 3.00. The third kappa shape index (κ3) is 8.41. The lowest BCUT2D eigenvalue weighted by molar-refractivity contribution is -0.0185. The second-order valence-corrected chi connectivity index (χ2v) is 6.99. The zero-order chi connectivity index (χ0) is 17.1. The Morgan fingerprint density at radius 1 is 1.00 bits per heavy atom. The molecule has 0 aliphatic carbocycles. The van der Waals surface area contributed by atoms with Gasteiger partial charge in [0.2, 0.25) is 0 Å². The van der Waals surface area contributed by atoms with Gasteiger partial charge in [-0.25, -0.2) is 0 Å². The maximum atomic E-state index is 5.90. The summed E-state index contributed by atoms with van der Waals surface area (Å²) in [5, 5.41) is 0. The SMILES string of the molecule is CCOC(C)(C)CCCC(CC)CCOc1ccc(CC)cc1. The molecule has 0 amide bonds. The van der Waals surface area contributed by atoms with Crippen molar-refractivity contribution in [1.82, 2.24) is 0 Å². The first-order chi connectivity index (χ1) is 11.0. The molecule has 0 aliphatic heterocycles. The summed E-state index contributed by atoms with van der Waals surface area (Å²) in [7, 11) is 0. The van der Waals surface area contributed by atoms with E-state index in [9.17, 15) is 0 Å². The number of hydrogen-bond acceptors (Lipinski definition) is 2. The van der Waals surface area contributed by atoms with Gasteiger partial charge in [-0.05, 0) is 63.6 Å². The average molecular weight is 321 g/mol. The molecule has 0 radical (unpaired) electrons. The fourth-order valence-corrected chi connectivity index (χ4v) is 3.00. The number of rotatable bonds is 12. The summed E-state index contributed by atoms with van der Waals surface area (Å²) in [5.74, 6) is 1.75. The van der Waals surface area contributed by atoms with Crippen LogP contribution in [0.25, 0.3) is 0 Å². The van der Waals surface area contributed by atoms with Crippen LogP contribution in [0.1, 0.15) is 72.3 Å². The van der Waals surface area contributed by atoms with Crippen molar-refractivity contribution in [3.8, 4) is 5.75 Å². The zero-order valence-electron chi connectivity index (χ0n) is 15.9. The Morgan fingerprint density at radius 3 is 2.26 bits per heavy atom. The molecule has 0 aromatic heterocycles. The standard InChI is InChI=1S/C21H36O2/c1-6-18(10-9-16-21(4,5)23-8-3)15-17-22-20-13-11-19(7-2)12-14-20/h11-14,18H,6-10,15-17H2,1-5H3. The summed E-state index contributed by atoms with van der Waals surface area (Å²) in [6, 6.07) is 8.49. The minimum absolute atomic E-state index is 0.0184. The third-order valence-corrected chi connectivity index (χ3v) is 4.63. The third-order valence-electron chi connectivity index (χ3n) is 4.63. The van der Waals surface area contributed by atoms with E-state index in [2.05, 4.69) is 58.9 Å². The molecule has 0 saturated heterocycles. The summed E-state index contributed by atoms with van der Waals surface area (Å²) in [6.45, 7) is 12.5. The second-order valence-electron chi connectivity index (χ2n) is 6.99. The molecule has 0 spiro atoms. The molecule has 1 aromatic carbocycles. The highest BCUT2D eigenvalue weighted by Crippen LogP contribution is 2.23. The molecule has 0 fully saturated rings. The Bertz CT molecular complexity index is 408. The molecule has 132 valence electrons. The molecule has 2 nitrogen and oxygen atoms in total. The van der Waals surface area contributed by atoms with Gasteiger partial charge in [-0.3, -0.25) is 0 Å². The van der Waals surface area contributed by atoms with Gasteiger partial charge < -0.3 is 9.47 Å². The number of hydrogen-bond donors (Lipinski definition) is 0. The minimum Gasteiger partial charge on any atom is -0.494 e. The normalized spacial score (nSPS) is 13.1. The van der Waals surface area contributed by atoms with Gasteiger partial charge in [-0.1, -0.05) is 45.2 Å². The van der Waals surface area contributed by atoms with Crippen LogP contribution >= 0.6 is 0 Å². The predicted molar refractivity (Wildman–Crippen MR) is 99.3 cm³/mol. The summed E-state index contributed by atoms with van der Waals surface area (Å²) in [5.41, 5.74) is 1.38. The lowest BCUT2D eigenvalue weighted by Crippen LogP contribution is -2.24. The lowest BCUT2D eigenvalue weighted by atomic mass is 9.92. The highest BCUT2D eigenvalue weighted by atomic mass is 16.5. The zero-order valence-corrected chi connectivity index (χ0v) is 15.9. The van der Waals surface area contributed by atoms with Gasteiger partial charge in [-0.2, -0.15) is 0 Å². The predicted octanol–water partition coefficient (Wildman–Crippen LogP) is 6.03. The Labute approximate surface area is 143 Å². The topological polar surface area (TPSA) is 18.5 Å². The van der Waals surface area contributed by atoms with Crippen molar-refractivity contribution >= 4 is 0 Å². The summed E-state index contributed by atoms with van der Waals surface area (Å²) >= 11 is 0. The maximum Gasteiger partial charge on any atom is 0.119 e. The van der Waals surface area contributed by atoms with Crippen LogP contribution in [0.2, 0.25) is 0 Å². The van der Waals surface area contributed by atoms with E-state index in [0.717, 1.165) is 44.1 Å². The largest absolute Gasteiger partial charge is 0.494 e. The molecular formula is C21H36O2. The average Bonchev–Trinajstić information content (AvgIpc) is 2.53. The van der Waals surface area contributed by atoms with Crippen LogP contribution in [-0.2, 0) is 11.2 Å². The van der Waals surface area contributed by atoms with E-state index >= 15 is 0 Å².